The highest BCUT2D eigenvalue weighted by molar-refractivity contribution is 6.74. The summed E-state index contributed by atoms with van der Waals surface area (Å²) in [7, 11) is -1.64. The molecule has 0 bridgehead atoms. The number of rotatable bonds is 6. The summed E-state index contributed by atoms with van der Waals surface area (Å²) in [6, 6.07) is 2.12. The summed E-state index contributed by atoms with van der Waals surface area (Å²) in [6.45, 7) is 11.9. The second-order valence-corrected chi connectivity index (χ2v) is 9.56. The molecule has 0 heterocycles. The normalized spacial score (nSPS) is 12.6. The number of nitrogens with zero attached hydrogens (tertiary/aromatic N) is 1. The second-order valence-electron chi connectivity index (χ2n) is 4.90. The Morgan fingerprint density at radius 3 is 2.36 bits per heavy atom. The zero-order valence-corrected chi connectivity index (χ0v) is 11.2. The monoisotopic (exact) mass is 213 g/mol. The van der Waals surface area contributed by atoms with Crippen molar-refractivity contribution in [3.05, 3.63) is 0 Å². The number of hydrogen-bond donors (Lipinski definition) is 0. The largest absolute Gasteiger partial charge is 0.416 e. The van der Waals surface area contributed by atoms with Crippen LogP contribution >= 0.6 is 0 Å². The molecule has 0 N–H and O–H groups in total. The van der Waals surface area contributed by atoms with Crippen molar-refractivity contribution in [2.24, 2.45) is 0 Å². The van der Waals surface area contributed by atoms with Crippen LogP contribution in [-0.2, 0) is 4.43 Å². The summed E-state index contributed by atoms with van der Waals surface area (Å²) in [5.41, 5.74) is 0. The number of hydrogen-bond acceptors (Lipinski definition) is 2. The standard InChI is InChI=1S/C11H23NOSi/c1-6-8-11(2,3)14(4,5)13-10-7-9-12/h6-8,10H2,1-5H3. The lowest BCUT2D eigenvalue weighted by atomic mass is 10.1. The minimum atomic E-state index is -1.64. The van der Waals surface area contributed by atoms with Crippen LogP contribution in [0.4, 0.5) is 0 Å². The molecule has 0 aliphatic rings. The van der Waals surface area contributed by atoms with Crippen molar-refractivity contribution in [1.29, 1.82) is 5.26 Å². The Bertz CT molecular complexity index is 206. The fourth-order valence-corrected chi connectivity index (χ4v) is 3.33. The van der Waals surface area contributed by atoms with Gasteiger partial charge >= 0.3 is 0 Å². The Morgan fingerprint density at radius 2 is 1.93 bits per heavy atom. The van der Waals surface area contributed by atoms with Crippen molar-refractivity contribution < 1.29 is 4.43 Å². The maximum atomic E-state index is 8.45. The van der Waals surface area contributed by atoms with Crippen LogP contribution in [-0.4, -0.2) is 14.9 Å². The van der Waals surface area contributed by atoms with Gasteiger partial charge in [-0.2, -0.15) is 5.26 Å². The van der Waals surface area contributed by atoms with Gasteiger partial charge in [-0.15, -0.1) is 0 Å². The molecule has 3 heteroatoms. The first-order valence-corrected chi connectivity index (χ1v) is 8.29. The zero-order chi connectivity index (χ0) is 11.2. The molecular formula is C11H23NOSi. The van der Waals surface area contributed by atoms with E-state index < -0.39 is 8.32 Å². The molecule has 0 atom stereocenters. The quantitative estimate of drug-likeness (QED) is 0.498. The Kier molecular flexibility index (Phi) is 5.39. The third-order valence-electron chi connectivity index (χ3n) is 3.18. The van der Waals surface area contributed by atoms with Gasteiger partial charge in [-0.05, 0) is 24.6 Å². The van der Waals surface area contributed by atoms with E-state index in [4.69, 9.17) is 9.69 Å². The van der Waals surface area contributed by atoms with Gasteiger partial charge in [-0.3, -0.25) is 0 Å². The lowest BCUT2D eigenvalue weighted by Gasteiger charge is -2.39. The van der Waals surface area contributed by atoms with E-state index in [1.165, 1.54) is 12.8 Å². The lowest BCUT2D eigenvalue weighted by Crippen LogP contribution is -2.42. The third kappa shape index (κ3) is 3.81. The SMILES string of the molecule is CCCC(C)(C)[Si](C)(C)OCCC#N. The Labute approximate surface area is 89.4 Å². The molecule has 0 saturated heterocycles. The second kappa shape index (κ2) is 5.52. The summed E-state index contributed by atoms with van der Waals surface area (Å²) in [5.74, 6) is 0. The van der Waals surface area contributed by atoms with Gasteiger partial charge in [0.05, 0.1) is 12.5 Å². The molecule has 0 spiro atoms. The van der Waals surface area contributed by atoms with Gasteiger partial charge in [0, 0.05) is 6.61 Å². The van der Waals surface area contributed by atoms with Crippen LogP contribution < -0.4 is 0 Å². The first-order valence-electron chi connectivity index (χ1n) is 5.38. The van der Waals surface area contributed by atoms with Crippen molar-refractivity contribution in [2.75, 3.05) is 6.61 Å². The molecule has 0 unspecified atom stereocenters. The molecule has 0 amide bonds. The smallest absolute Gasteiger partial charge is 0.192 e. The molecular weight excluding hydrogens is 190 g/mol. The zero-order valence-electron chi connectivity index (χ0n) is 10.2. The van der Waals surface area contributed by atoms with Crippen LogP contribution in [0.15, 0.2) is 0 Å². The van der Waals surface area contributed by atoms with E-state index in [2.05, 4.69) is 39.9 Å². The summed E-state index contributed by atoms with van der Waals surface area (Å²) in [4.78, 5) is 0. The minimum Gasteiger partial charge on any atom is -0.416 e. The summed E-state index contributed by atoms with van der Waals surface area (Å²) >= 11 is 0. The third-order valence-corrected chi connectivity index (χ3v) is 7.62. The molecule has 0 aromatic carbocycles. The van der Waals surface area contributed by atoms with Gasteiger partial charge in [-0.1, -0.05) is 27.2 Å². The Morgan fingerprint density at radius 1 is 1.36 bits per heavy atom. The molecule has 0 saturated carbocycles. The highest BCUT2D eigenvalue weighted by atomic mass is 28.4. The van der Waals surface area contributed by atoms with Crippen LogP contribution in [0.1, 0.15) is 40.0 Å². The molecule has 14 heavy (non-hydrogen) atoms. The van der Waals surface area contributed by atoms with E-state index in [1.807, 2.05) is 0 Å². The van der Waals surface area contributed by atoms with Crippen LogP contribution in [0, 0.1) is 11.3 Å². The van der Waals surface area contributed by atoms with E-state index >= 15 is 0 Å². The molecule has 0 aromatic heterocycles. The Balaban J connectivity index is 4.22. The van der Waals surface area contributed by atoms with E-state index in [9.17, 15) is 0 Å². The van der Waals surface area contributed by atoms with Crippen LogP contribution in [0.3, 0.4) is 0 Å². The van der Waals surface area contributed by atoms with Crippen molar-refractivity contribution in [3.63, 3.8) is 0 Å². The maximum Gasteiger partial charge on any atom is 0.192 e. The minimum absolute atomic E-state index is 0.303. The fraction of sp³-hybridized carbons (Fsp3) is 0.909. The maximum absolute atomic E-state index is 8.45. The van der Waals surface area contributed by atoms with Crippen LogP contribution in [0.2, 0.25) is 18.1 Å². The molecule has 82 valence electrons. The fourth-order valence-electron chi connectivity index (χ4n) is 1.47. The van der Waals surface area contributed by atoms with Crippen molar-refractivity contribution in [3.8, 4) is 6.07 Å². The molecule has 0 radical (unpaired) electrons. The van der Waals surface area contributed by atoms with Gasteiger partial charge in [0.2, 0.25) is 0 Å². The molecule has 0 aliphatic carbocycles. The molecule has 2 nitrogen and oxygen atoms in total. The van der Waals surface area contributed by atoms with E-state index in [0.29, 0.717) is 18.1 Å². The van der Waals surface area contributed by atoms with Gasteiger partial charge in [0.25, 0.3) is 0 Å². The molecule has 0 aromatic rings. The highest BCUT2D eigenvalue weighted by Gasteiger charge is 2.39. The molecule has 0 rings (SSSR count). The van der Waals surface area contributed by atoms with Gasteiger partial charge < -0.3 is 4.43 Å². The predicted molar refractivity (Wildman–Crippen MR) is 62.6 cm³/mol. The van der Waals surface area contributed by atoms with E-state index in [-0.39, 0.29) is 0 Å². The predicted octanol–water partition coefficient (Wildman–Crippen LogP) is 3.70. The van der Waals surface area contributed by atoms with Gasteiger partial charge in [0.15, 0.2) is 8.32 Å². The molecule has 0 aliphatic heterocycles. The average Bonchev–Trinajstić information content (AvgIpc) is 2.04. The summed E-state index contributed by atoms with van der Waals surface area (Å²) in [5, 5.41) is 8.76. The van der Waals surface area contributed by atoms with Crippen LogP contribution in [0.25, 0.3) is 0 Å². The number of nitriles is 1. The first-order chi connectivity index (χ1) is 6.37. The molecule has 0 fully saturated rings. The van der Waals surface area contributed by atoms with E-state index in [0.717, 1.165) is 0 Å². The van der Waals surface area contributed by atoms with E-state index in [1.54, 1.807) is 0 Å². The average molecular weight is 213 g/mol. The van der Waals surface area contributed by atoms with Crippen molar-refractivity contribution in [2.45, 2.75) is 58.2 Å². The Hall–Kier alpha value is -0.333. The topological polar surface area (TPSA) is 33.0 Å². The summed E-state index contributed by atoms with van der Waals surface area (Å²) in [6.07, 6.45) is 2.92. The van der Waals surface area contributed by atoms with Gasteiger partial charge in [-0.25, -0.2) is 0 Å². The lowest BCUT2D eigenvalue weighted by molar-refractivity contribution is 0.288. The van der Waals surface area contributed by atoms with Crippen molar-refractivity contribution >= 4 is 8.32 Å². The first kappa shape index (κ1) is 13.7. The van der Waals surface area contributed by atoms with Crippen molar-refractivity contribution in [1.82, 2.24) is 0 Å². The highest BCUT2D eigenvalue weighted by Crippen LogP contribution is 2.41. The van der Waals surface area contributed by atoms with Crippen LogP contribution in [0.5, 0.6) is 0 Å². The summed E-state index contributed by atoms with van der Waals surface area (Å²) < 4.78 is 5.90. The van der Waals surface area contributed by atoms with Gasteiger partial charge in [0.1, 0.15) is 0 Å².